The quantitative estimate of drug-likeness (QED) is 0.880. The van der Waals surface area contributed by atoms with E-state index in [2.05, 4.69) is 9.80 Å². The minimum Gasteiger partial charge on any atom is -0.380 e. The van der Waals surface area contributed by atoms with Gasteiger partial charge in [-0.05, 0) is 62.8 Å². The molecule has 1 N–H and O–H groups in total. The van der Waals surface area contributed by atoms with Crippen LogP contribution in [0.3, 0.4) is 0 Å². The molecule has 0 bridgehead atoms. The highest BCUT2D eigenvalue weighted by Crippen LogP contribution is 2.32. The first-order chi connectivity index (χ1) is 13.0. The molecule has 1 saturated carbocycles. The van der Waals surface area contributed by atoms with Crippen LogP contribution in [0.1, 0.15) is 38.5 Å². The molecule has 1 unspecified atom stereocenters. The summed E-state index contributed by atoms with van der Waals surface area (Å²) in [5.41, 5.74) is -0.0386. The van der Waals surface area contributed by atoms with E-state index in [4.69, 9.17) is 0 Å². The summed E-state index contributed by atoms with van der Waals surface area (Å²) in [5.74, 6) is -0.247. The van der Waals surface area contributed by atoms with E-state index in [1.807, 2.05) is 17.0 Å². The number of halogens is 1. The van der Waals surface area contributed by atoms with Gasteiger partial charge in [0.05, 0.1) is 0 Å². The summed E-state index contributed by atoms with van der Waals surface area (Å²) < 4.78 is 13.1. The molecular weight excluding hydrogens is 345 g/mol. The molecule has 148 valence electrons. The van der Waals surface area contributed by atoms with Crippen LogP contribution >= 0.6 is 0 Å². The molecule has 1 aromatic rings. The molecule has 5 nitrogen and oxygen atoms in total. The van der Waals surface area contributed by atoms with Crippen LogP contribution in [0.4, 0.5) is 10.1 Å². The molecule has 0 aromatic heterocycles. The van der Waals surface area contributed by atoms with E-state index in [1.165, 1.54) is 12.1 Å². The maximum Gasteiger partial charge on any atom is 0.254 e. The Morgan fingerprint density at radius 3 is 2.33 bits per heavy atom. The number of benzene rings is 1. The lowest BCUT2D eigenvalue weighted by Gasteiger charge is -2.45. The predicted octanol–water partition coefficient (Wildman–Crippen LogP) is 2.24. The van der Waals surface area contributed by atoms with Crippen molar-refractivity contribution in [2.24, 2.45) is 0 Å². The molecule has 2 heterocycles. The summed E-state index contributed by atoms with van der Waals surface area (Å²) in [6.45, 7) is 5.24. The highest BCUT2D eigenvalue weighted by Gasteiger charge is 2.43. The lowest BCUT2D eigenvalue weighted by Crippen LogP contribution is -2.58. The van der Waals surface area contributed by atoms with E-state index >= 15 is 0 Å². The predicted molar refractivity (Wildman–Crippen MR) is 103 cm³/mol. The normalized spacial score (nSPS) is 26.4. The monoisotopic (exact) mass is 375 g/mol. The van der Waals surface area contributed by atoms with Gasteiger partial charge in [0, 0.05) is 51.0 Å². The second kappa shape index (κ2) is 7.76. The summed E-state index contributed by atoms with van der Waals surface area (Å²) >= 11 is 0. The zero-order valence-electron chi connectivity index (χ0n) is 15.9. The third kappa shape index (κ3) is 3.97. The topological polar surface area (TPSA) is 47.0 Å². The van der Waals surface area contributed by atoms with Crippen molar-refractivity contribution in [2.45, 2.75) is 50.2 Å². The summed E-state index contributed by atoms with van der Waals surface area (Å²) in [5, 5.41) is 10.7. The lowest BCUT2D eigenvalue weighted by molar-refractivity contribution is -0.153. The van der Waals surface area contributed by atoms with Crippen molar-refractivity contribution in [3.8, 4) is 0 Å². The Labute approximate surface area is 160 Å². The van der Waals surface area contributed by atoms with Crippen LogP contribution in [0, 0.1) is 5.82 Å². The Bertz CT molecular complexity index is 652. The SMILES string of the molecule is O=C(N1CCCC(N2CCN(c3ccc(F)cc3)CC2)C1)C1(O)CCCC1. The van der Waals surface area contributed by atoms with Crippen LogP contribution < -0.4 is 4.90 Å². The van der Waals surface area contributed by atoms with Crippen molar-refractivity contribution >= 4 is 11.6 Å². The molecule has 1 aromatic carbocycles. The zero-order chi connectivity index (χ0) is 18.9. The molecule has 1 aliphatic carbocycles. The molecule has 4 rings (SSSR count). The number of aliphatic hydroxyl groups is 1. The molecule has 0 radical (unpaired) electrons. The van der Waals surface area contributed by atoms with Crippen LogP contribution in [0.15, 0.2) is 24.3 Å². The largest absolute Gasteiger partial charge is 0.380 e. The summed E-state index contributed by atoms with van der Waals surface area (Å²) in [6, 6.07) is 7.09. The fourth-order valence-electron chi connectivity index (χ4n) is 4.90. The number of hydrogen-bond donors (Lipinski definition) is 1. The number of piperidine rings is 1. The molecule has 1 atom stereocenters. The number of carbonyl (C=O) groups is 1. The van der Waals surface area contributed by atoms with Crippen LogP contribution in [0.25, 0.3) is 0 Å². The summed E-state index contributed by atoms with van der Waals surface area (Å²) in [4.78, 5) is 19.5. The van der Waals surface area contributed by atoms with Gasteiger partial charge in [-0.15, -0.1) is 0 Å². The van der Waals surface area contributed by atoms with Crippen LogP contribution in [-0.2, 0) is 4.79 Å². The number of anilines is 1. The van der Waals surface area contributed by atoms with E-state index in [-0.39, 0.29) is 11.7 Å². The van der Waals surface area contributed by atoms with Gasteiger partial charge in [-0.2, -0.15) is 0 Å². The number of nitrogens with zero attached hydrogens (tertiary/aromatic N) is 3. The van der Waals surface area contributed by atoms with E-state index in [9.17, 15) is 14.3 Å². The molecule has 6 heteroatoms. The van der Waals surface area contributed by atoms with Crippen LogP contribution in [-0.4, -0.2) is 71.7 Å². The van der Waals surface area contributed by atoms with Crippen molar-refractivity contribution < 1.29 is 14.3 Å². The second-order valence-electron chi connectivity index (χ2n) is 8.29. The van der Waals surface area contributed by atoms with Crippen LogP contribution in [0.5, 0.6) is 0 Å². The summed E-state index contributed by atoms with van der Waals surface area (Å²) in [6.07, 6.45) is 5.24. The fourth-order valence-corrected chi connectivity index (χ4v) is 4.90. The first kappa shape index (κ1) is 18.7. The van der Waals surface area contributed by atoms with Crippen molar-refractivity contribution in [1.29, 1.82) is 0 Å². The molecule has 2 saturated heterocycles. The molecular formula is C21H30FN3O2. The third-order valence-electron chi connectivity index (χ3n) is 6.53. The van der Waals surface area contributed by atoms with Gasteiger partial charge in [-0.3, -0.25) is 9.69 Å². The minimum absolute atomic E-state index is 0.0466. The van der Waals surface area contributed by atoms with Gasteiger partial charge in [-0.1, -0.05) is 0 Å². The van der Waals surface area contributed by atoms with Gasteiger partial charge in [-0.25, -0.2) is 4.39 Å². The van der Waals surface area contributed by atoms with E-state index in [0.717, 1.165) is 70.6 Å². The van der Waals surface area contributed by atoms with Crippen molar-refractivity contribution in [3.63, 3.8) is 0 Å². The number of carbonyl (C=O) groups excluding carboxylic acids is 1. The highest BCUT2D eigenvalue weighted by atomic mass is 19.1. The van der Waals surface area contributed by atoms with Gasteiger partial charge in [0.15, 0.2) is 0 Å². The van der Waals surface area contributed by atoms with E-state index < -0.39 is 5.60 Å². The van der Waals surface area contributed by atoms with Gasteiger partial charge in [0.25, 0.3) is 5.91 Å². The first-order valence-electron chi connectivity index (χ1n) is 10.3. The molecule has 0 spiro atoms. The first-order valence-corrected chi connectivity index (χ1v) is 10.3. The van der Waals surface area contributed by atoms with Gasteiger partial charge >= 0.3 is 0 Å². The number of hydrogen-bond acceptors (Lipinski definition) is 4. The molecule has 2 aliphatic heterocycles. The zero-order valence-corrected chi connectivity index (χ0v) is 15.9. The van der Waals surface area contributed by atoms with Gasteiger partial charge < -0.3 is 14.9 Å². The highest BCUT2D eigenvalue weighted by molar-refractivity contribution is 5.85. The standard InChI is InChI=1S/C21H30FN3O2/c22-17-5-7-18(8-6-17)23-12-14-24(15-13-23)19-4-3-11-25(16-19)20(26)21(27)9-1-2-10-21/h5-8,19,27H,1-4,9-16H2. The maximum absolute atomic E-state index is 13.1. The Balaban J connectivity index is 1.33. The Morgan fingerprint density at radius 1 is 1.00 bits per heavy atom. The van der Waals surface area contributed by atoms with E-state index in [0.29, 0.717) is 18.9 Å². The van der Waals surface area contributed by atoms with Crippen molar-refractivity contribution in [2.75, 3.05) is 44.2 Å². The third-order valence-corrected chi connectivity index (χ3v) is 6.53. The molecule has 3 fully saturated rings. The van der Waals surface area contributed by atoms with Gasteiger partial charge in [0.2, 0.25) is 0 Å². The smallest absolute Gasteiger partial charge is 0.254 e. The van der Waals surface area contributed by atoms with E-state index in [1.54, 1.807) is 0 Å². The number of amides is 1. The molecule has 1 amide bonds. The number of likely N-dealkylation sites (tertiary alicyclic amines) is 1. The average Bonchev–Trinajstić information content (AvgIpc) is 3.16. The number of piperazine rings is 1. The summed E-state index contributed by atoms with van der Waals surface area (Å²) in [7, 11) is 0. The maximum atomic E-state index is 13.1. The Morgan fingerprint density at radius 2 is 1.67 bits per heavy atom. The van der Waals surface area contributed by atoms with Crippen molar-refractivity contribution in [3.05, 3.63) is 30.1 Å². The number of rotatable bonds is 3. The fraction of sp³-hybridized carbons (Fsp3) is 0.667. The average molecular weight is 375 g/mol. The van der Waals surface area contributed by atoms with Gasteiger partial charge in [0.1, 0.15) is 11.4 Å². The Hall–Kier alpha value is -1.66. The van der Waals surface area contributed by atoms with Crippen LogP contribution in [0.2, 0.25) is 0 Å². The Kier molecular flexibility index (Phi) is 5.37. The molecule has 27 heavy (non-hydrogen) atoms. The minimum atomic E-state index is -1.11. The second-order valence-corrected chi connectivity index (χ2v) is 8.29. The van der Waals surface area contributed by atoms with Crippen molar-refractivity contribution in [1.82, 2.24) is 9.80 Å². The lowest BCUT2D eigenvalue weighted by atomic mass is 9.96. The molecule has 3 aliphatic rings.